The van der Waals surface area contributed by atoms with E-state index in [0.717, 1.165) is 35.9 Å². The first-order chi connectivity index (χ1) is 15.2. The van der Waals surface area contributed by atoms with Crippen LogP contribution in [0, 0.1) is 0 Å². The average molecular weight is 437 g/mol. The van der Waals surface area contributed by atoms with E-state index in [0.29, 0.717) is 30.5 Å². The molecule has 1 aromatic heterocycles. The first-order valence-electron chi connectivity index (χ1n) is 10.1. The Kier molecular flexibility index (Phi) is 7.01. The maximum Gasteiger partial charge on any atom is 0.417 e. The Morgan fingerprint density at radius 1 is 1.10 bits per heavy atom. The molecule has 1 amide bonds. The standard InChI is InChI=1S/C23H24N4O3S/c1-31-16-19-15-21(27-10-12-29-13-11-27)26-22(24-19)17-6-5-7-18(14-17)25-23(28)30-20-8-3-2-4-9-20/h2-9,14-15H,10-13,16H2,1H3,(H,25,28). The number of ether oxygens (including phenoxy) is 2. The third kappa shape index (κ3) is 5.74. The number of para-hydroxylation sites is 1. The van der Waals surface area contributed by atoms with Crippen molar-refractivity contribution in [3.63, 3.8) is 0 Å². The highest BCUT2D eigenvalue weighted by Crippen LogP contribution is 2.25. The minimum atomic E-state index is -0.547. The van der Waals surface area contributed by atoms with Crippen molar-refractivity contribution in [1.82, 2.24) is 9.97 Å². The van der Waals surface area contributed by atoms with Crippen LogP contribution in [0.3, 0.4) is 0 Å². The lowest BCUT2D eigenvalue weighted by atomic mass is 10.2. The molecule has 0 atom stereocenters. The number of hydrogen-bond donors (Lipinski definition) is 1. The van der Waals surface area contributed by atoms with Crippen LogP contribution in [0.1, 0.15) is 5.69 Å². The minimum absolute atomic E-state index is 0.486. The molecular formula is C23H24N4O3S. The first kappa shape index (κ1) is 21.1. The van der Waals surface area contributed by atoms with E-state index in [1.165, 1.54) is 0 Å². The summed E-state index contributed by atoms with van der Waals surface area (Å²) < 4.78 is 10.8. The van der Waals surface area contributed by atoms with Crippen LogP contribution in [-0.4, -0.2) is 48.6 Å². The summed E-state index contributed by atoms with van der Waals surface area (Å²) in [6.45, 7) is 3.00. The number of nitrogens with zero attached hydrogens (tertiary/aromatic N) is 3. The molecular weight excluding hydrogens is 412 g/mol. The van der Waals surface area contributed by atoms with E-state index in [2.05, 4.69) is 16.5 Å². The zero-order chi connectivity index (χ0) is 21.5. The molecule has 2 aromatic carbocycles. The summed E-state index contributed by atoms with van der Waals surface area (Å²) in [6, 6.07) is 18.5. The van der Waals surface area contributed by atoms with Crippen molar-refractivity contribution in [2.75, 3.05) is 42.8 Å². The average Bonchev–Trinajstić information content (AvgIpc) is 2.80. The van der Waals surface area contributed by atoms with Crippen LogP contribution in [0.4, 0.5) is 16.3 Å². The number of carbonyl (C=O) groups excluding carboxylic acids is 1. The zero-order valence-electron chi connectivity index (χ0n) is 17.3. The van der Waals surface area contributed by atoms with Gasteiger partial charge in [-0.3, -0.25) is 5.32 Å². The number of morpholine rings is 1. The van der Waals surface area contributed by atoms with Gasteiger partial charge in [-0.05, 0) is 30.5 Å². The predicted octanol–water partition coefficient (Wildman–Crippen LogP) is 4.45. The number of benzene rings is 2. The van der Waals surface area contributed by atoms with Gasteiger partial charge in [-0.25, -0.2) is 14.8 Å². The molecule has 2 heterocycles. The topological polar surface area (TPSA) is 76.6 Å². The number of nitrogens with one attached hydrogen (secondary N) is 1. The van der Waals surface area contributed by atoms with E-state index in [9.17, 15) is 4.79 Å². The molecule has 0 bridgehead atoms. The van der Waals surface area contributed by atoms with Crippen molar-refractivity contribution in [2.24, 2.45) is 0 Å². The van der Waals surface area contributed by atoms with Crippen LogP contribution in [0.25, 0.3) is 11.4 Å². The van der Waals surface area contributed by atoms with E-state index >= 15 is 0 Å². The summed E-state index contributed by atoms with van der Waals surface area (Å²) >= 11 is 1.72. The third-order valence-corrected chi connectivity index (χ3v) is 5.30. The number of amides is 1. The lowest BCUT2D eigenvalue weighted by Gasteiger charge is -2.28. The van der Waals surface area contributed by atoms with Gasteiger partial charge in [0.1, 0.15) is 11.6 Å². The summed E-state index contributed by atoms with van der Waals surface area (Å²) in [5.74, 6) is 2.82. The molecule has 0 saturated carbocycles. The number of aromatic nitrogens is 2. The first-order valence-corrected chi connectivity index (χ1v) is 11.4. The molecule has 3 aromatic rings. The van der Waals surface area contributed by atoms with Gasteiger partial charge < -0.3 is 14.4 Å². The molecule has 1 aliphatic rings. The van der Waals surface area contributed by atoms with E-state index in [1.54, 1.807) is 23.9 Å². The molecule has 0 aliphatic carbocycles. The lowest BCUT2D eigenvalue weighted by Crippen LogP contribution is -2.37. The fraction of sp³-hybridized carbons (Fsp3) is 0.261. The third-order valence-electron chi connectivity index (χ3n) is 4.71. The van der Waals surface area contributed by atoms with Gasteiger partial charge in [0.25, 0.3) is 0 Å². The van der Waals surface area contributed by atoms with Crippen molar-refractivity contribution in [2.45, 2.75) is 5.75 Å². The summed E-state index contributed by atoms with van der Waals surface area (Å²) in [4.78, 5) is 24.0. The van der Waals surface area contributed by atoms with Gasteiger partial charge in [0.15, 0.2) is 5.82 Å². The Morgan fingerprint density at radius 2 is 1.90 bits per heavy atom. The van der Waals surface area contributed by atoms with Crippen molar-refractivity contribution < 1.29 is 14.3 Å². The second kappa shape index (κ2) is 10.3. The predicted molar refractivity (Wildman–Crippen MR) is 124 cm³/mol. The summed E-state index contributed by atoms with van der Waals surface area (Å²) in [5, 5.41) is 2.77. The molecule has 0 unspecified atom stereocenters. The second-order valence-electron chi connectivity index (χ2n) is 6.98. The van der Waals surface area contributed by atoms with Gasteiger partial charge in [-0.15, -0.1) is 0 Å². The Hall–Kier alpha value is -3.10. The lowest BCUT2D eigenvalue weighted by molar-refractivity contribution is 0.122. The molecule has 8 heteroatoms. The number of thioether (sulfide) groups is 1. The summed E-state index contributed by atoms with van der Waals surface area (Å²) in [5.41, 5.74) is 2.42. The minimum Gasteiger partial charge on any atom is -0.410 e. The number of anilines is 2. The van der Waals surface area contributed by atoms with Gasteiger partial charge >= 0.3 is 6.09 Å². The van der Waals surface area contributed by atoms with Crippen molar-refractivity contribution >= 4 is 29.4 Å². The van der Waals surface area contributed by atoms with Crippen LogP contribution in [0.2, 0.25) is 0 Å². The van der Waals surface area contributed by atoms with Gasteiger partial charge in [0, 0.05) is 36.2 Å². The molecule has 0 spiro atoms. The molecule has 1 fully saturated rings. The van der Waals surface area contributed by atoms with E-state index < -0.39 is 6.09 Å². The van der Waals surface area contributed by atoms with Crippen LogP contribution >= 0.6 is 11.8 Å². The van der Waals surface area contributed by atoms with Crippen molar-refractivity contribution in [1.29, 1.82) is 0 Å². The fourth-order valence-corrected chi connectivity index (χ4v) is 3.71. The van der Waals surface area contributed by atoms with Gasteiger partial charge in [0.05, 0.1) is 18.9 Å². The van der Waals surface area contributed by atoms with Crippen LogP contribution in [-0.2, 0) is 10.5 Å². The van der Waals surface area contributed by atoms with Crippen LogP contribution < -0.4 is 15.0 Å². The smallest absolute Gasteiger partial charge is 0.410 e. The Labute approximate surface area is 185 Å². The monoisotopic (exact) mass is 436 g/mol. The van der Waals surface area contributed by atoms with Crippen molar-refractivity contribution in [3.05, 3.63) is 66.4 Å². The van der Waals surface area contributed by atoms with Crippen molar-refractivity contribution in [3.8, 4) is 17.1 Å². The maximum atomic E-state index is 12.2. The number of rotatable bonds is 6. The Bertz CT molecular complexity index is 1030. The molecule has 1 N–H and O–H groups in total. The molecule has 160 valence electrons. The normalized spacial score (nSPS) is 13.6. The number of carbonyl (C=O) groups is 1. The molecule has 1 aliphatic heterocycles. The van der Waals surface area contributed by atoms with Gasteiger partial charge in [-0.2, -0.15) is 11.8 Å². The van der Waals surface area contributed by atoms with E-state index in [4.69, 9.17) is 19.4 Å². The van der Waals surface area contributed by atoms with Crippen LogP contribution in [0.5, 0.6) is 5.75 Å². The number of hydrogen-bond acceptors (Lipinski definition) is 7. The quantitative estimate of drug-likeness (QED) is 0.612. The highest BCUT2D eigenvalue weighted by Gasteiger charge is 2.16. The molecule has 1 saturated heterocycles. The molecule has 7 nitrogen and oxygen atoms in total. The molecule has 4 rings (SSSR count). The molecule has 0 radical (unpaired) electrons. The van der Waals surface area contributed by atoms with E-state index in [-0.39, 0.29) is 0 Å². The van der Waals surface area contributed by atoms with Gasteiger partial charge in [-0.1, -0.05) is 30.3 Å². The second-order valence-corrected chi connectivity index (χ2v) is 7.85. The highest BCUT2D eigenvalue weighted by atomic mass is 32.2. The molecule has 31 heavy (non-hydrogen) atoms. The Balaban J connectivity index is 1.55. The maximum absolute atomic E-state index is 12.2. The highest BCUT2D eigenvalue weighted by molar-refractivity contribution is 7.97. The summed E-state index contributed by atoms with van der Waals surface area (Å²) in [7, 11) is 0. The largest absolute Gasteiger partial charge is 0.417 e. The van der Waals surface area contributed by atoms with Crippen LogP contribution in [0.15, 0.2) is 60.7 Å². The van der Waals surface area contributed by atoms with E-state index in [1.807, 2.05) is 48.5 Å². The SMILES string of the molecule is CSCc1cc(N2CCOCC2)nc(-c2cccc(NC(=O)Oc3ccccc3)c2)n1. The fourth-order valence-electron chi connectivity index (χ4n) is 3.26. The zero-order valence-corrected chi connectivity index (χ0v) is 18.1. The Morgan fingerprint density at radius 3 is 2.68 bits per heavy atom. The summed E-state index contributed by atoms with van der Waals surface area (Å²) in [6.07, 6.45) is 1.51. The van der Waals surface area contributed by atoms with Gasteiger partial charge in [0.2, 0.25) is 0 Å².